The summed E-state index contributed by atoms with van der Waals surface area (Å²) in [6.07, 6.45) is 22.5. The van der Waals surface area contributed by atoms with Crippen LogP contribution in [0.25, 0.3) is 0 Å². The van der Waals surface area contributed by atoms with Gasteiger partial charge in [-0.25, -0.2) is 0 Å². The zero-order valence-electron chi connectivity index (χ0n) is 42.9. The van der Waals surface area contributed by atoms with Gasteiger partial charge in [-0.3, -0.25) is 0 Å². The molecule has 0 heterocycles. The second-order valence-electron chi connectivity index (χ2n) is 24.0. The molecule has 0 aromatic carbocycles. The Bertz CT molecular complexity index is 1050. The summed E-state index contributed by atoms with van der Waals surface area (Å²) in [4.78, 5) is 0. The zero-order chi connectivity index (χ0) is 46.4. The Balaban J connectivity index is -0.000000194. The lowest BCUT2D eigenvalue weighted by molar-refractivity contribution is 0.0438. The van der Waals surface area contributed by atoms with Crippen molar-refractivity contribution in [3.05, 3.63) is 60.8 Å². The highest BCUT2D eigenvalue weighted by Gasteiger charge is 2.20. The minimum Gasteiger partial charge on any atom is -0.393 e. The van der Waals surface area contributed by atoms with Gasteiger partial charge in [0.2, 0.25) is 0 Å². The van der Waals surface area contributed by atoms with Crippen LogP contribution in [-0.2, 0) is 0 Å². The third kappa shape index (κ3) is 61.8. The molecule has 4 N–H and O–H groups in total. The predicted octanol–water partition coefficient (Wildman–Crippen LogP) is 15.0. The third-order valence-electron chi connectivity index (χ3n) is 8.24. The van der Waals surface area contributed by atoms with E-state index in [1.807, 2.05) is 60.6 Å². The lowest BCUT2D eigenvalue weighted by atomic mass is 9.80. The van der Waals surface area contributed by atoms with E-state index in [4.69, 9.17) is 10.2 Å². The summed E-state index contributed by atoms with van der Waals surface area (Å²) in [5, 5.41) is 37.1. The highest BCUT2D eigenvalue weighted by molar-refractivity contribution is 5.00. The van der Waals surface area contributed by atoms with E-state index < -0.39 is 11.2 Å². The van der Waals surface area contributed by atoms with E-state index in [2.05, 4.69) is 180 Å². The molecular formula is C52H104O4. The highest BCUT2D eigenvalue weighted by atomic mass is 16.3. The second-order valence-corrected chi connectivity index (χ2v) is 24.0. The Kier molecular flexibility index (Phi) is 31.1. The molecule has 4 nitrogen and oxygen atoms in total. The topological polar surface area (TPSA) is 80.9 Å². The Hall–Kier alpha value is -1.46. The van der Waals surface area contributed by atoms with Gasteiger partial charge in [0.05, 0.1) is 23.4 Å². The SMILES string of the molecule is CC(/C=C/C(C)(C)C)C(C)(C)C.CC(/C=C/C(C)(C)C)C(C)(C)O.CC(C)(C)/C=C/CC(C)(C)O.CC(O)C(C)/C=C/C(C)(C)C.CC(O)C/C=C/C(C)(C)C. The number of hydrogen-bond donors (Lipinski definition) is 4. The van der Waals surface area contributed by atoms with E-state index in [1.165, 1.54) is 0 Å². The molecule has 56 heavy (non-hydrogen) atoms. The molecule has 0 aromatic heterocycles. The fourth-order valence-electron chi connectivity index (χ4n) is 3.31. The molecule has 0 aliphatic rings. The molecule has 0 bridgehead atoms. The lowest BCUT2D eigenvalue weighted by Crippen LogP contribution is -2.27. The fraction of sp³-hybridized carbons (Fsp3) is 0.808. The molecule has 0 aliphatic heterocycles. The summed E-state index contributed by atoms with van der Waals surface area (Å²) < 4.78 is 0. The van der Waals surface area contributed by atoms with Crippen molar-refractivity contribution in [1.29, 1.82) is 0 Å². The number of aliphatic hydroxyl groups is 4. The Morgan fingerprint density at radius 1 is 0.411 bits per heavy atom. The normalized spacial score (nSPS) is 16.6. The fourth-order valence-corrected chi connectivity index (χ4v) is 3.31. The summed E-state index contributed by atoms with van der Waals surface area (Å²) >= 11 is 0. The standard InChI is InChI=1S/C12H24.C11H22O.2C10H20O.C9H18O/c1-10(12(5,6)7)8-9-11(2,3)4;1-9(11(5,6)12)7-8-10(2,3)4;1-9(2,3)7-6-8-10(4,5)11;1-8(9(2)11)6-7-10(3,4)5;1-8(10)6-5-7-9(2,3)4/h8-10H,1-7H3;7-9,12H,1-6H3;6-7,11H,8H2,1-5H3;6-9,11H,1-5H3;5,7-8,10H,6H2,1-4H3/b9-8+;8-7+;2*7-6+;7-5+. The molecule has 0 radical (unpaired) electrons. The Morgan fingerprint density at radius 3 is 0.964 bits per heavy atom. The van der Waals surface area contributed by atoms with Crippen LogP contribution in [0.15, 0.2) is 60.8 Å². The Labute approximate surface area is 353 Å². The van der Waals surface area contributed by atoms with Gasteiger partial charge in [-0.2, -0.15) is 0 Å². The average molecular weight is 793 g/mol. The van der Waals surface area contributed by atoms with Crippen LogP contribution in [0.5, 0.6) is 0 Å². The van der Waals surface area contributed by atoms with Crippen LogP contribution in [0.1, 0.15) is 200 Å². The quantitative estimate of drug-likeness (QED) is 0.175. The molecule has 0 saturated carbocycles. The van der Waals surface area contributed by atoms with Gasteiger partial charge in [0, 0.05) is 5.92 Å². The van der Waals surface area contributed by atoms with Gasteiger partial charge in [0.25, 0.3) is 0 Å². The lowest BCUT2D eigenvalue weighted by Gasteiger charge is -2.25. The summed E-state index contributed by atoms with van der Waals surface area (Å²) in [5.41, 5.74) is 0.438. The van der Waals surface area contributed by atoms with Crippen LogP contribution in [0.4, 0.5) is 0 Å². The molecule has 5 atom stereocenters. The molecule has 0 aromatic rings. The average Bonchev–Trinajstić information content (AvgIpc) is 2.90. The molecule has 0 aliphatic carbocycles. The van der Waals surface area contributed by atoms with Gasteiger partial charge in [-0.15, -0.1) is 0 Å². The first-order chi connectivity index (χ1) is 24.2. The first kappa shape index (κ1) is 63.7. The number of rotatable bonds is 9. The molecule has 336 valence electrons. The number of allylic oxidation sites excluding steroid dienone is 6. The smallest absolute Gasteiger partial charge is 0.0651 e. The van der Waals surface area contributed by atoms with Crippen LogP contribution in [0, 0.1) is 50.2 Å². The van der Waals surface area contributed by atoms with Crippen molar-refractivity contribution in [2.45, 2.75) is 223 Å². The summed E-state index contributed by atoms with van der Waals surface area (Å²) in [7, 11) is 0. The molecule has 0 fully saturated rings. The minimum atomic E-state index is -0.609. The molecule has 4 heteroatoms. The van der Waals surface area contributed by atoms with E-state index in [-0.39, 0.29) is 45.7 Å². The summed E-state index contributed by atoms with van der Waals surface area (Å²) in [6, 6.07) is 0. The zero-order valence-corrected chi connectivity index (χ0v) is 42.9. The maximum absolute atomic E-state index is 9.63. The van der Waals surface area contributed by atoms with Crippen molar-refractivity contribution in [1.82, 2.24) is 0 Å². The monoisotopic (exact) mass is 793 g/mol. The highest BCUT2D eigenvalue weighted by Crippen LogP contribution is 2.28. The molecular weight excluding hydrogens is 689 g/mol. The van der Waals surface area contributed by atoms with E-state index in [1.54, 1.807) is 6.92 Å². The van der Waals surface area contributed by atoms with Gasteiger partial charge in [-0.1, -0.05) is 206 Å². The van der Waals surface area contributed by atoms with Gasteiger partial charge < -0.3 is 20.4 Å². The summed E-state index contributed by atoms with van der Waals surface area (Å²) in [6.45, 7) is 56.6. The van der Waals surface area contributed by atoms with Gasteiger partial charge in [0.1, 0.15) is 0 Å². The van der Waals surface area contributed by atoms with Crippen molar-refractivity contribution in [3.8, 4) is 0 Å². The largest absolute Gasteiger partial charge is 0.393 e. The third-order valence-corrected chi connectivity index (χ3v) is 8.24. The number of aliphatic hydroxyl groups excluding tert-OH is 2. The van der Waals surface area contributed by atoms with Gasteiger partial charge in [-0.05, 0) is 98.7 Å². The van der Waals surface area contributed by atoms with Crippen LogP contribution in [-0.4, -0.2) is 43.8 Å². The van der Waals surface area contributed by atoms with E-state index in [0.29, 0.717) is 16.7 Å². The summed E-state index contributed by atoms with van der Waals surface area (Å²) in [5.74, 6) is 1.11. The van der Waals surface area contributed by atoms with Crippen molar-refractivity contribution >= 4 is 0 Å². The van der Waals surface area contributed by atoms with E-state index >= 15 is 0 Å². The predicted molar refractivity (Wildman–Crippen MR) is 255 cm³/mol. The van der Waals surface area contributed by atoms with Crippen molar-refractivity contribution in [2.24, 2.45) is 50.2 Å². The van der Waals surface area contributed by atoms with Crippen LogP contribution in [0.3, 0.4) is 0 Å². The van der Waals surface area contributed by atoms with Gasteiger partial charge >= 0.3 is 0 Å². The van der Waals surface area contributed by atoms with Crippen molar-refractivity contribution in [2.75, 3.05) is 0 Å². The second kappa shape index (κ2) is 27.3. The first-order valence-electron chi connectivity index (χ1n) is 21.4. The van der Waals surface area contributed by atoms with Crippen molar-refractivity contribution in [3.63, 3.8) is 0 Å². The number of hydrogen-bond acceptors (Lipinski definition) is 4. The molecule has 0 spiro atoms. The maximum Gasteiger partial charge on any atom is 0.0651 e. The first-order valence-corrected chi connectivity index (χ1v) is 21.4. The van der Waals surface area contributed by atoms with E-state index in [0.717, 1.165) is 12.8 Å². The van der Waals surface area contributed by atoms with Gasteiger partial charge in [0.15, 0.2) is 0 Å². The van der Waals surface area contributed by atoms with Crippen LogP contribution in [0.2, 0.25) is 0 Å². The van der Waals surface area contributed by atoms with Crippen LogP contribution < -0.4 is 0 Å². The molecule has 0 rings (SSSR count). The van der Waals surface area contributed by atoms with Crippen molar-refractivity contribution < 1.29 is 20.4 Å². The van der Waals surface area contributed by atoms with E-state index in [9.17, 15) is 10.2 Å². The Morgan fingerprint density at radius 2 is 0.714 bits per heavy atom. The minimum absolute atomic E-state index is 0.205. The molecule has 0 saturated heterocycles. The maximum atomic E-state index is 9.63. The molecule has 5 unspecified atom stereocenters. The molecule has 0 amide bonds. The van der Waals surface area contributed by atoms with Crippen LogP contribution >= 0.6 is 0 Å².